The highest BCUT2D eigenvalue weighted by Gasteiger charge is 2.28. The van der Waals surface area contributed by atoms with E-state index < -0.39 is 0 Å². The average molecular weight is 400 g/mol. The van der Waals surface area contributed by atoms with E-state index in [0.717, 1.165) is 36.6 Å². The Morgan fingerprint density at radius 3 is 3.07 bits per heavy atom. The topological polar surface area (TPSA) is 82.7 Å². The van der Waals surface area contributed by atoms with Crippen LogP contribution in [0.15, 0.2) is 23.2 Å². The number of nitrogens with zero attached hydrogens (tertiary/aromatic N) is 5. The number of aryl methyl sites for hydroxylation is 1. The predicted octanol–water partition coefficient (Wildman–Crippen LogP) is 2.36. The van der Waals surface area contributed by atoms with Gasteiger partial charge in [0.25, 0.3) is 0 Å². The number of anilines is 1. The molecule has 0 aliphatic carbocycles. The summed E-state index contributed by atoms with van der Waals surface area (Å²) in [6, 6.07) is 5.24. The first-order valence-corrected chi connectivity index (χ1v) is 10.6. The van der Waals surface area contributed by atoms with Crippen LogP contribution in [0.3, 0.4) is 0 Å². The van der Waals surface area contributed by atoms with Crippen molar-refractivity contribution < 1.29 is 4.39 Å². The molecule has 1 atom stereocenters. The van der Waals surface area contributed by atoms with Gasteiger partial charge in [-0.25, -0.2) is 14.4 Å². The molecule has 4 rings (SSSR count). The molecule has 0 radical (unpaired) electrons. The van der Waals surface area contributed by atoms with Crippen molar-refractivity contribution in [1.29, 1.82) is 0 Å². The third-order valence-electron chi connectivity index (χ3n) is 5.93. The van der Waals surface area contributed by atoms with Crippen LogP contribution in [0.1, 0.15) is 31.4 Å². The van der Waals surface area contributed by atoms with Crippen molar-refractivity contribution >= 4 is 22.8 Å². The van der Waals surface area contributed by atoms with Crippen molar-refractivity contribution in [3.05, 3.63) is 29.7 Å². The van der Waals surface area contributed by atoms with E-state index in [2.05, 4.69) is 30.1 Å². The summed E-state index contributed by atoms with van der Waals surface area (Å²) in [7, 11) is 0. The SMILES string of the molecule is Cc1nc(NC(N)=NCCCN2CCN3CCCCC3C2)nc2cc(F)ccc12. The predicted molar refractivity (Wildman–Crippen MR) is 115 cm³/mol. The van der Waals surface area contributed by atoms with Crippen molar-refractivity contribution in [2.24, 2.45) is 10.7 Å². The highest BCUT2D eigenvalue weighted by atomic mass is 19.1. The minimum atomic E-state index is -0.322. The molecule has 3 N–H and O–H groups in total. The summed E-state index contributed by atoms with van der Waals surface area (Å²) in [6.07, 6.45) is 5.02. The van der Waals surface area contributed by atoms with Crippen LogP contribution in [-0.2, 0) is 0 Å². The van der Waals surface area contributed by atoms with Crippen LogP contribution >= 0.6 is 0 Å². The summed E-state index contributed by atoms with van der Waals surface area (Å²) in [4.78, 5) is 18.3. The quantitative estimate of drug-likeness (QED) is 0.456. The number of hydrogen-bond acceptors (Lipinski definition) is 5. The molecule has 0 bridgehead atoms. The fraction of sp³-hybridized carbons (Fsp3) is 0.571. The van der Waals surface area contributed by atoms with Crippen LogP contribution in [0.5, 0.6) is 0 Å². The summed E-state index contributed by atoms with van der Waals surface area (Å²) < 4.78 is 13.5. The van der Waals surface area contributed by atoms with Crippen molar-refractivity contribution in [2.45, 2.75) is 38.6 Å². The van der Waals surface area contributed by atoms with Gasteiger partial charge < -0.3 is 10.6 Å². The first-order valence-electron chi connectivity index (χ1n) is 10.6. The third-order valence-corrected chi connectivity index (χ3v) is 5.93. The number of aliphatic imine (C=N–C) groups is 1. The zero-order chi connectivity index (χ0) is 20.2. The number of benzene rings is 1. The van der Waals surface area contributed by atoms with E-state index in [1.807, 2.05) is 6.92 Å². The largest absolute Gasteiger partial charge is 0.370 e. The van der Waals surface area contributed by atoms with E-state index in [9.17, 15) is 4.39 Å². The van der Waals surface area contributed by atoms with Gasteiger partial charge in [0.05, 0.1) is 11.2 Å². The standard InChI is InChI=1S/C21H30FN7/c1-15-18-7-6-16(22)13-19(18)26-21(25-15)27-20(23)24-8-4-9-28-11-12-29-10-3-2-5-17(29)14-28/h6-7,13,17H,2-5,8-12,14H2,1H3,(H3,23,24,25,26,27). The number of nitrogens with two attached hydrogens (primary N) is 1. The van der Waals surface area contributed by atoms with Gasteiger partial charge in [-0.1, -0.05) is 6.42 Å². The fourth-order valence-electron chi connectivity index (χ4n) is 4.39. The van der Waals surface area contributed by atoms with Crippen molar-refractivity contribution in [3.63, 3.8) is 0 Å². The molecule has 2 aromatic rings. The minimum Gasteiger partial charge on any atom is -0.370 e. The third kappa shape index (κ3) is 5.00. The molecule has 2 saturated heterocycles. The van der Waals surface area contributed by atoms with Gasteiger partial charge >= 0.3 is 0 Å². The lowest BCUT2D eigenvalue weighted by Crippen LogP contribution is -2.54. The molecule has 7 nitrogen and oxygen atoms in total. The van der Waals surface area contributed by atoms with Crippen LogP contribution in [0.4, 0.5) is 10.3 Å². The molecule has 2 aliphatic rings. The number of piperazine rings is 1. The van der Waals surface area contributed by atoms with Crippen LogP contribution < -0.4 is 11.1 Å². The van der Waals surface area contributed by atoms with E-state index in [-0.39, 0.29) is 11.8 Å². The highest BCUT2D eigenvalue weighted by molar-refractivity contribution is 5.92. The number of rotatable bonds is 5. The first-order chi connectivity index (χ1) is 14.1. The molecule has 1 aromatic carbocycles. The van der Waals surface area contributed by atoms with Crippen LogP contribution in [0.25, 0.3) is 10.9 Å². The van der Waals surface area contributed by atoms with Gasteiger partial charge in [0.15, 0.2) is 5.96 Å². The lowest BCUT2D eigenvalue weighted by molar-refractivity contribution is 0.0493. The second-order valence-corrected chi connectivity index (χ2v) is 8.03. The Hall–Kier alpha value is -2.32. The molecule has 156 valence electrons. The minimum absolute atomic E-state index is 0.289. The summed E-state index contributed by atoms with van der Waals surface area (Å²) in [5.74, 6) is 0.310. The molecule has 3 heterocycles. The Morgan fingerprint density at radius 1 is 1.28 bits per heavy atom. The lowest BCUT2D eigenvalue weighted by Gasteiger charge is -2.44. The summed E-state index contributed by atoms with van der Waals surface area (Å²) in [5.41, 5.74) is 7.32. The van der Waals surface area contributed by atoms with Gasteiger partial charge in [0.1, 0.15) is 5.82 Å². The van der Waals surface area contributed by atoms with Crippen molar-refractivity contribution in [1.82, 2.24) is 19.8 Å². The van der Waals surface area contributed by atoms with Crippen LogP contribution in [0.2, 0.25) is 0 Å². The Kier molecular flexibility index (Phi) is 6.20. The average Bonchev–Trinajstić information content (AvgIpc) is 2.71. The van der Waals surface area contributed by atoms with Crippen molar-refractivity contribution in [2.75, 3.05) is 44.6 Å². The number of halogens is 1. The number of fused-ring (bicyclic) bond motifs is 2. The van der Waals surface area contributed by atoms with Gasteiger partial charge in [-0.15, -0.1) is 0 Å². The fourth-order valence-corrected chi connectivity index (χ4v) is 4.39. The van der Waals surface area contributed by atoms with Gasteiger partial charge in [-0.05, 0) is 44.9 Å². The molecular weight excluding hydrogens is 369 g/mol. The lowest BCUT2D eigenvalue weighted by atomic mass is 9.99. The van der Waals surface area contributed by atoms with E-state index in [0.29, 0.717) is 18.0 Å². The van der Waals surface area contributed by atoms with E-state index in [1.54, 1.807) is 6.07 Å². The van der Waals surface area contributed by atoms with Gasteiger partial charge in [-0.3, -0.25) is 15.2 Å². The summed E-state index contributed by atoms with van der Waals surface area (Å²) in [5, 5.41) is 3.76. The molecule has 0 spiro atoms. The summed E-state index contributed by atoms with van der Waals surface area (Å²) in [6.45, 7) is 8.36. The van der Waals surface area contributed by atoms with E-state index in [4.69, 9.17) is 5.73 Å². The van der Waals surface area contributed by atoms with E-state index in [1.165, 1.54) is 51.0 Å². The van der Waals surface area contributed by atoms with Crippen LogP contribution in [0, 0.1) is 12.7 Å². The Morgan fingerprint density at radius 2 is 2.17 bits per heavy atom. The monoisotopic (exact) mass is 399 g/mol. The molecule has 1 unspecified atom stereocenters. The highest BCUT2D eigenvalue weighted by Crippen LogP contribution is 2.21. The van der Waals surface area contributed by atoms with Gasteiger partial charge in [-0.2, -0.15) is 0 Å². The van der Waals surface area contributed by atoms with Crippen molar-refractivity contribution in [3.8, 4) is 0 Å². The number of nitrogens with one attached hydrogen (secondary N) is 1. The maximum Gasteiger partial charge on any atom is 0.230 e. The Labute approximate surface area is 171 Å². The second-order valence-electron chi connectivity index (χ2n) is 8.03. The zero-order valence-electron chi connectivity index (χ0n) is 17.1. The molecule has 8 heteroatoms. The molecule has 0 saturated carbocycles. The smallest absolute Gasteiger partial charge is 0.230 e. The maximum atomic E-state index is 13.5. The van der Waals surface area contributed by atoms with Gasteiger partial charge in [0, 0.05) is 50.2 Å². The molecule has 1 aromatic heterocycles. The van der Waals surface area contributed by atoms with E-state index >= 15 is 0 Å². The molecular formula is C21H30FN7. The zero-order valence-corrected chi connectivity index (χ0v) is 17.1. The molecule has 29 heavy (non-hydrogen) atoms. The number of aromatic nitrogens is 2. The second kappa shape index (κ2) is 9.00. The summed E-state index contributed by atoms with van der Waals surface area (Å²) >= 11 is 0. The molecule has 2 aliphatic heterocycles. The first kappa shape index (κ1) is 20.0. The molecule has 0 amide bonds. The number of piperidine rings is 1. The maximum absolute atomic E-state index is 13.5. The van der Waals surface area contributed by atoms with Gasteiger partial charge in [0.2, 0.25) is 5.95 Å². The Balaban J connectivity index is 1.27. The molecule has 2 fully saturated rings. The normalized spacial score (nSPS) is 21.3. The number of guanidine groups is 1. The Bertz CT molecular complexity index is 885. The van der Waals surface area contributed by atoms with Crippen LogP contribution in [-0.4, -0.2) is 71.0 Å². The number of hydrogen-bond donors (Lipinski definition) is 2.